The minimum Gasteiger partial charge on any atom is -0.357 e. The predicted octanol–water partition coefficient (Wildman–Crippen LogP) is 5.09. The summed E-state index contributed by atoms with van der Waals surface area (Å²) in [6.07, 6.45) is 4.85. The second kappa shape index (κ2) is 7.53. The van der Waals surface area contributed by atoms with Crippen LogP contribution in [-0.4, -0.2) is 27.5 Å². The number of nitrogens with zero attached hydrogens (tertiary/aromatic N) is 4. The van der Waals surface area contributed by atoms with Crippen molar-refractivity contribution < 1.29 is 13.2 Å². The second-order valence-electron chi connectivity index (χ2n) is 5.93. The molecule has 2 aromatic heterocycles. The summed E-state index contributed by atoms with van der Waals surface area (Å²) in [5.41, 5.74) is -0.305. The Hall–Kier alpha value is -2.28. The largest absolute Gasteiger partial charge is 0.357 e. The van der Waals surface area contributed by atoms with Gasteiger partial charge >= 0.3 is 0 Å². The lowest BCUT2D eigenvalue weighted by Crippen LogP contribution is -2.28. The van der Waals surface area contributed by atoms with Gasteiger partial charge in [-0.15, -0.1) is 0 Å². The fourth-order valence-electron chi connectivity index (χ4n) is 3.07. The quantitative estimate of drug-likeness (QED) is 0.556. The van der Waals surface area contributed by atoms with Gasteiger partial charge in [-0.05, 0) is 12.8 Å². The van der Waals surface area contributed by atoms with E-state index in [1.807, 2.05) is 18.7 Å². The molecule has 0 aliphatic rings. The maximum Gasteiger partial charge on any atom is 0.236 e. The number of halogens is 4. The molecule has 0 fully saturated rings. The molecule has 0 aliphatic heterocycles. The van der Waals surface area contributed by atoms with Crippen LogP contribution in [0.5, 0.6) is 0 Å². The van der Waals surface area contributed by atoms with Gasteiger partial charge < -0.3 is 4.90 Å². The fourth-order valence-corrected chi connectivity index (χ4v) is 3.32. The molecule has 1 aromatic carbocycles. The lowest BCUT2D eigenvalue weighted by Gasteiger charge is -2.27. The van der Waals surface area contributed by atoms with E-state index in [0.29, 0.717) is 36.8 Å². The molecule has 138 valence electrons. The molecule has 4 nitrogen and oxygen atoms in total. The standard InChI is InChI=1S/C18H18ClF3N4/c1-3-6-25(7-4-2)17-15(14-12(21)9-11(20)10-13(14)22)16(19)24-18-23-5-8-26(17)18/h5,8-10H,3-4,6-7H2,1-2H3. The van der Waals surface area contributed by atoms with Crippen LogP contribution in [0, 0.1) is 17.5 Å². The second-order valence-corrected chi connectivity index (χ2v) is 6.29. The van der Waals surface area contributed by atoms with Gasteiger partial charge in [-0.3, -0.25) is 4.40 Å². The smallest absolute Gasteiger partial charge is 0.236 e. The first-order valence-corrected chi connectivity index (χ1v) is 8.78. The van der Waals surface area contributed by atoms with Crippen LogP contribution in [0.25, 0.3) is 16.9 Å². The van der Waals surface area contributed by atoms with Gasteiger partial charge in [-0.25, -0.2) is 18.2 Å². The van der Waals surface area contributed by atoms with Gasteiger partial charge in [0.2, 0.25) is 5.78 Å². The van der Waals surface area contributed by atoms with Crippen LogP contribution in [0.15, 0.2) is 24.5 Å². The molecule has 26 heavy (non-hydrogen) atoms. The molecule has 0 atom stereocenters. The highest BCUT2D eigenvalue weighted by molar-refractivity contribution is 6.33. The van der Waals surface area contributed by atoms with Crippen molar-refractivity contribution in [2.45, 2.75) is 26.7 Å². The van der Waals surface area contributed by atoms with Crippen molar-refractivity contribution in [1.29, 1.82) is 0 Å². The third-order valence-corrected chi connectivity index (χ3v) is 4.29. The Morgan fingerprint density at radius 1 is 1.04 bits per heavy atom. The SMILES string of the molecule is CCCN(CCC)c1c(-c2c(F)cc(F)cc2F)c(Cl)nc2nccn12. The highest BCUT2D eigenvalue weighted by Crippen LogP contribution is 2.39. The number of rotatable bonds is 6. The highest BCUT2D eigenvalue weighted by atomic mass is 35.5. The molecule has 0 saturated heterocycles. The van der Waals surface area contributed by atoms with Gasteiger partial charge in [0.25, 0.3) is 0 Å². The Morgan fingerprint density at radius 2 is 1.65 bits per heavy atom. The van der Waals surface area contributed by atoms with Gasteiger partial charge in [0.1, 0.15) is 28.4 Å². The topological polar surface area (TPSA) is 33.4 Å². The van der Waals surface area contributed by atoms with E-state index in [1.54, 1.807) is 16.8 Å². The third kappa shape index (κ3) is 3.23. The van der Waals surface area contributed by atoms with Crippen molar-refractivity contribution in [2.75, 3.05) is 18.0 Å². The number of fused-ring (bicyclic) bond motifs is 1. The van der Waals surface area contributed by atoms with Crippen LogP contribution in [0.2, 0.25) is 5.15 Å². The molecular formula is C18H18ClF3N4. The summed E-state index contributed by atoms with van der Waals surface area (Å²) in [7, 11) is 0. The first-order valence-electron chi connectivity index (χ1n) is 8.40. The number of anilines is 1. The van der Waals surface area contributed by atoms with E-state index in [0.717, 1.165) is 12.8 Å². The number of aromatic nitrogens is 3. The van der Waals surface area contributed by atoms with E-state index >= 15 is 0 Å². The maximum absolute atomic E-state index is 14.5. The normalized spacial score (nSPS) is 11.3. The average Bonchev–Trinajstić information content (AvgIpc) is 3.02. The average molecular weight is 383 g/mol. The van der Waals surface area contributed by atoms with Crippen LogP contribution >= 0.6 is 11.6 Å². The van der Waals surface area contributed by atoms with Crippen molar-refractivity contribution >= 4 is 23.2 Å². The molecule has 0 saturated carbocycles. The number of hydrogen-bond acceptors (Lipinski definition) is 3. The molecule has 0 amide bonds. The molecule has 0 bridgehead atoms. The molecule has 0 unspecified atom stereocenters. The zero-order chi connectivity index (χ0) is 18.8. The van der Waals surface area contributed by atoms with E-state index in [2.05, 4.69) is 9.97 Å². The van der Waals surface area contributed by atoms with Crippen LogP contribution < -0.4 is 4.90 Å². The molecular weight excluding hydrogens is 365 g/mol. The zero-order valence-electron chi connectivity index (χ0n) is 14.4. The Labute approximate surface area is 154 Å². The molecule has 8 heteroatoms. The summed E-state index contributed by atoms with van der Waals surface area (Å²) in [5, 5.41) is -0.0830. The fraction of sp³-hybridized carbons (Fsp3) is 0.333. The van der Waals surface area contributed by atoms with Gasteiger partial charge in [0.05, 0.1) is 11.1 Å². The van der Waals surface area contributed by atoms with Crippen LogP contribution in [0.4, 0.5) is 19.0 Å². The third-order valence-electron chi connectivity index (χ3n) is 4.02. The van der Waals surface area contributed by atoms with E-state index < -0.39 is 23.0 Å². The maximum atomic E-state index is 14.5. The lowest BCUT2D eigenvalue weighted by atomic mass is 10.1. The monoisotopic (exact) mass is 382 g/mol. The summed E-state index contributed by atoms with van der Waals surface area (Å²) < 4.78 is 44.0. The summed E-state index contributed by atoms with van der Waals surface area (Å²) in [5.74, 6) is -2.23. The predicted molar refractivity (Wildman–Crippen MR) is 96.1 cm³/mol. The molecule has 0 radical (unpaired) electrons. The first kappa shape index (κ1) is 18.5. The summed E-state index contributed by atoms with van der Waals surface area (Å²) in [4.78, 5) is 10.3. The summed E-state index contributed by atoms with van der Waals surface area (Å²) in [6, 6.07) is 1.28. The van der Waals surface area contributed by atoms with Crippen molar-refractivity contribution in [3.63, 3.8) is 0 Å². The Bertz CT molecular complexity index is 913. The Balaban J connectivity index is 2.38. The van der Waals surface area contributed by atoms with Gasteiger partial charge in [0.15, 0.2) is 0 Å². The minimum absolute atomic E-state index is 0.0830. The zero-order valence-corrected chi connectivity index (χ0v) is 15.2. The Kier molecular flexibility index (Phi) is 5.36. The van der Waals surface area contributed by atoms with Crippen molar-refractivity contribution in [2.24, 2.45) is 0 Å². The highest BCUT2D eigenvalue weighted by Gasteiger charge is 2.26. The summed E-state index contributed by atoms with van der Waals surface area (Å²) in [6.45, 7) is 5.32. The van der Waals surface area contributed by atoms with Gasteiger partial charge in [-0.1, -0.05) is 25.4 Å². The van der Waals surface area contributed by atoms with Crippen molar-refractivity contribution in [1.82, 2.24) is 14.4 Å². The van der Waals surface area contributed by atoms with Crippen molar-refractivity contribution in [3.05, 3.63) is 47.1 Å². The number of imidazole rings is 1. The molecule has 3 rings (SSSR count). The lowest BCUT2D eigenvalue weighted by molar-refractivity contribution is 0.547. The Morgan fingerprint density at radius 3 is 2.23 bits per heavy atom. The van der Waals surface area contributed by atoms with Crippen LogP contribution in [0.1, 0.15) is 26.7 Å². The molecule has 2 heterocycles. The summed E-state index contributed by atoms with van der Waals surface area (Å²) >= 11 is 6.31. The van der Waals surface area contributed by atoms with E-state index in [4.69, 9.17) is 11.6 Å². The molecule has 0 spiro atoms. The van der Waals surface area contributed by atoms with Crippen LogP contribution in [0.3, 0.4) is 0 Å². The first-order chi connectivity index (χ1) is 12.5. The molecule has 3 aromatic rings. The molecule has 0 aliphatic carbocycles. The molecule has 0 N–H and O–H groups in total. The van der Waals surface area contributed by atoms with E-state index in [9.17, 15) is 13.2 Å². The minimum atomic E-state index is -1.03. The van der Waals surface area contributed by atoms with Crippen LogP contribution in [-0.2, 0) is 0 Å². The van der Waals surface area contributed by atoms with Crippen molar-refractivity contribution in [3.8, 4) is 11.1 Å². The number of benzene rings is 1. The number of hydrogen-bond donors (Lipinski definition) is 0. The van der Waals surface area contributed by atoms with Gasteiger partial charge in [0, 0.05) is 37.6 Å². The van der Waals surface area contributed by atoms with E-state index in [-0.39, 0.29) is 10.7 Å². The van der Waals surface area contributed by atoms with Gasteiger partial charge in [-0.2, -0.15) is 4.98 Å². The van der Waals surface area contributed by atoms with E-state index in [1.165, 1.54) is 0 Å².